The van der Waals surface area contributed by atoms with E-state index in [-0.39, 0.29) is 0 Å². The first-order valence-corrected chi connectivity index (χ1v) is 6.22. The van der Waals surface area contributed by atoms with Crippen LogP contribution in [0.15, 0.2) is 0 Å². The first-order valence-electron chi connectivity index (χ1n) is 6.22. The second-order valence-electron chi connectivity index (χ2n) is 6.62. The molecule has 0 aliphatic carbocycles. The maximum Gasteiger partial charge on any atom is -0.0321 e. The molecule has 0 aromatic rings. The highest BCUT2D eigenvalue weighted by atomic mass is 14.3. The van der Waals surface area contributed by atoms with E-state index in [9.17, 15) is 0 Å². The lowest BCUT2D eigenvalue weighted by Gasteiger charge is -2.37. The van der Waals surface area contributed by atoms with Crippen molar-refractivity contribution in [2.45, 2.75) is 74.1 Å². The van der Waals surface area contributed by atoms with Gasteiger partial charge in [0, 0.05) is 0 Å². The summed E-state index contributed by atoms with van der Waals surface area (Å²) < 4.78 is 0. The SMILES string of the molecule is CCC(C)CC(C)(CC)CC(C)(C)C. The van der Waals surface area contributed by atoms with E-state index < -0.39 is 0 Å². The van der Waals surface area contributed by atoms with E-state index in [0.29, 0.717) is 10.8 Å². The molecule has 0 rings (SSSR count). The molecule has 0 heteroatoms. The van der Waals surface area contributed by atoms with Crippen molar-refractivity contribution in [1.82, 2.24) is 0 Å². The summed E-state index contributed by atoms with van der Waals surface area (Å²) in [7, 11) is 0. The average Bonchev–Trinajstić information content (AvgIpc) is 2.00. The Balaban J connectivity index is 4.32. The monoisotopic (exact) mass is 198 g/mol. The molecule has 0 aromatic carbocycles. The third kappa shape index (κ3) is 5.67. The maximum atomic E-state index is 2.46. The van der Waals surface area contributed by atoms with Gasteiger partial charge in [0.25, 0.3) is 0 Å². The summed E-state index contributed by atoms with van der Waals surface area (Å²) >= 11 is 0. The van der Waals surface area contributed by atoms with Crippen molar-refractivity contribution >= 4 is 0 Å². The predicted octanol–water partition coefficient (Wildman–Crippen LogP) is 5.28. The van der Waals surface area contributed by atoms with Gasteiger partial charge in [0.2, 0.25) is 0 Å². The summed E-state index contributed by atoms with van der Waals surface area (Å²) in [5.41, 5.74) is 1.02. The van der Waals surface area contributed by atoms with Gasteiger partial charge in [-0.25, -0.2) is 0 Å². The first kappa shape index (κ1) is 14.0. The number of rotatable bonds is 5. The Labute approximate surface area is 91.5 Å². The molecule has 0 radical (unpaired) electrons. The van der Waals surface area contributed by atoms with Crippen molar-refractivity contribution in [1.29, 1.82) is 0 Å². The summed E-state index contributed by atoms with van der Waals surface area (Å²) in [6, 6.07) is 0. The predicted molar refractivity (Wildman–Crippen MR) is 66.5 cm³/mol. The van der Waals surface area contributed by atoms with Gasteiger partial charge >= 0.3 is 0 Å². The van der Waals surface area contributed by atoms with Crippen molar-refractivity contribution in [3.05, 3.63) is 0 Å². The minimum absolute atomic E-state index is 0.470. The Morgan fingerprint density at radius 2 is 1.50 bits per heavy atom. The van der Waals surface area contributed by atoms with Crippen LogP contribution in [0.25, 0.3) is 0 Å². The van der Waals surface area contributed by atoms with Crippen LogP contribution in [-0.2, 0) is 0 Å². The third-order valence-electron chi connectivity index (χ3n) is 3.35. The molecule has 0 fully saturated rings. The minimum Gasteiger partial charge on any atom is -0.0651 e. The van der Waals surface area contributed by atoms with Gasteiger partial charge in [0.05, 0.1) is 0 Å². The lowest BCUT2D eigenvalue weighted by atomic mass is 9.69. The molecule has 2 atom stereocenters. The van der Waals surface area contributed by atoms with E-state index in [4.69, 9.17) is 0 Å². The van der Waals surface area contributed by atoms with Crippen molar-refractivity contribution in [2.75, 3.05) is 0 Å². The highest BCUT2D eigenvalue weighted by Gasteiger charge is 2.29. The highest BCUT2D eigenvalue weighted by molar-refractivity contribution is 4.80. The van der Waals surface area contributed by atoms with Crippen LogP contribution >= 0.6 is 0 Å². The molecular formula is C14H30. The second kappa shape index (κ2) is 5.19. The summed E-state index contributed by atoms with van der Waals surface area (Å²) in [5.74, 6) is 0.877. The van der Waals surface area contributed by atoms with E-state index in [1.54, 1.807) is 0 Å². The van der Waals surface area contributed by atoms with E-state index in [1.165, 1.54) is 25.7 Å². The zero-order valence-corrected chi connectivity index (χ0v) is 11.4. The van der Waals surface area contributed by atoms with Gasteiger partial charge in [-0.15, -0.1) is 0 Å². The van der Waals surface area contributed by atoms with Gasteiger partial charge in [-0.05, 0) is 29.6 Å². The van der Waals surface area contributed by atoms with Gasteiger partial charge < -0.3 is 0 Å². The Kier molecular flexibility index (Phi) is 5.19. The molecule has 0 heterocycles. The molecule has 2 unspecified atom stereocenters. The molecule has 86 valence electrons. The van der Waals surface area contributed by atoms with E-state index >= 15 is 0 Å². The first-order chi connectivity index (χ1) is 6.22. The van der Waals surface area contributed by atoms with Crippen LogP contribution in [0.3, 0.4) is 0 Å². The Bertz CT molecular complexity index is 152. The van der Waals surface area contributed by atoms with E-state index in [1.807, 2.05) is 0 Å². The lowest BCUT2D eigenvalue weighted by Crippen LogP contribution is -2.25. The third-order valence-corrected chi connectivity index (χ3v) is 3.35. The average molecular weight is 198 g/mol. The quantitative estimate of drug-likeness (QED) is 0.564. The van der Waals surface area contributed by atoms with Crippen LogP contribution in [0.5, 0.6) is 0 Å². The number of hydrogen-bond donors (Lipinski definition) is 0. The molecule has 0 aromatic heterocycles. The van der Waals surface area contributed by atoms with Gasteiger partial charge in [-0.2, -0.15) is 0 Å². The molecule has 0 N–H and O–H groups in total. The van der Waals surface area contributed by atoms with Crippen LogP contribution in [0, 0.1) is 16.7 Å². The van der Waals surface area contributed by atoms with Crippen molar-refractivity contribution in [2.24, 2.45) is 16.7 Å². The van der Waals surface area contributed by atoms with Crippen LogP contribution in [0.4, 0.5) is 0 Å². The van der Waals surface area contributed by atoms with Crippen LogP contribution in [-0.4, -0.2) is 0 Å². The normalized spacial score (nSPS) is 19.1. The maximum absolute atomic E-state index is 2.46. The van der Waals surface area contributed by atoms with E-state index in [0.717, 1.165) is 5.92 Å². The van der Waals surface area contributed by atoms with Crippen molar-refractivity contribution in [3.8, 4) is 0 Å². The molecule has 0 saturated heterocycles. The molecule has 0 saturated carbocycles. The molecule has 0 nitrogen and oxygen atoms in total. The van der Waals surface area contributed by atoms with Gasteiger partial charge in [-0.3, -0.25) is 0 Å². The Hall–Kier alpha value is 0. The summed E-state index contributed by atoms with van der Waals surface area (Å²) in [6.07, 6.45) is 5.37. The van der Waals surface area contributed by atoms with E-state index in [2.05, 4.69) is 48.5 Å². The number of hydrogen-bond acceptors (Lipinski definition) is 0. The zero-order chi connectivity index (χ0) is 11.4. The lowest BCUT2D eigenvalue weighted by molar-refractivity contribution is 0.147. The fourth-order valence-electron chi connectivity index (χ4n) is 2.61. The van der Waals surface area contributed by atoms with Gasteiger partial charge in [0.1, 0.15) is 0 Å². The standard InChI is InChI=1S/C14H30/c1-8-12(3)10-14(7,9-2)11-13(4,5)6/h12H,8-11H2,1-7H3. The zero-order valence-electron chi connectivity index (χ0n) is 11.4. The summed E-state index contributed by atoms with van der Waals surface area (Å²) in [5, 5.41) is 0. The molecule has 14 heavy (non-hydrogen) atoms. The highest BCUT2D eigenvalue weighted by Crippen LogP contribution is 2.41. The fraction of sp³-hybridized carbons (Fsp3) is 1.00. The van der Waals surface area contributed by atoms with Crippen molar-refractivity contribution in [3.63, 3.8) is 0 Å². The molecular weight excluding hydrogens is 168 g/mol. The minimum atomic E-state index is 0.470. The fourth-order valence-corrected chi connectivity index (χ4v) is 2.61. The topological polar surface area (TPSA) is 0 Å². The summed E-state index contributed by atoms with van der Waals surface area (Å²) in [4.78, 5) is 0. The van der Waals surface area contributed by atoms with Gasteiger partial charge in [0.15, 0.2) is 0 Å². The van der Waals surface area contributed by atoms with Gasteiger partial charge in [-0.1, -0.05) is 61.3 Å². The smallest absolute Gasteiger partial charge is 0.0321 e. The molecule has 0 aliphatic rings. The summed E-state index contributed by atoms with van der Waals surface area (Å²) in [6.45, 7) is 16.6. The Morgan fingerprint density at radius 3 is 1.79 bits per heavy atom. The van der Waals surface area contributed by atoms with Crippen LogP contribution in [0.2, 0.25) is 0 Å². The molecule has 0 amide bonds. The molecule has 0 spiro atoms. The Morgan fingerprint density at radius 1 is 1.00 bits per heavy atom. The van der Waals surface area contributed by atoms with Crippen LogP contribution in [0.1, 0.15) is 74.1 Å². The van der Waals surface area contributed by atoms with Crippen LogP contribution < -0.4 is 0 Å². The molecule has 0 bridgehead atoms. The second-order valence-corrected chi connectivity index (χ2v) is 6.62. The largest absolute Gasteiger partial charge is 0.0651 e. The van der Waals surface area contributed by atoms with Crippen molar-refractivity contribution < 1.29 is 0 Å². The molecule has 0 aliphatic heterocycles.